The average Bonchev–Trinajstić information content (AvgIpc) is 3.29. The van der Waals surface area contributed by atoms with E-state index in [1.165, 1.54) is 16.2 Å². The number of aromatic nitrogens is 4. The number of hydrogen-bond acceptors (Lipinski definition) is 5. The zero-order valence-corrected chi connectivity index (χ0v) is 19.6. The van der Waals surface area contributed by atoms with E-state index in [9.17, 15) is 9.90 Å². The van der Waals surface area contributed by atoms with Crippen LogP contribution >= 0.6 is 0 Å². The van der Waals surface area contributed by atoms with Gasteiger partial charge in [-0.05, 0) is 72.9 Å². The summed E-state index contributed by atoms with van der Waals surface area (Å²) in [5.74, 6) is 0.787. The maximum absolute atomic E-state index is 11.4. The van der Waals surface area contributed by atoms with Crippen LogP contribution in [-0.4, -0.2) is 55.9 Å². The summed E-state index contributed by atoms with van der Waals surface area (Å²) >= 11 is 0. The Morgan fingerprint density at radius 1 is 1.09 bits per heavy atom. The molecule has 1 amide bonds. The molecule has 6 rings (SSSR count). The van der Waals surface area contributed by atoms with E-state index in [1.807, 2.05) is 41.0 Å². The second kappa shape index (κ2) is 8.37. The van der Waals surface area contributed by atoms with Gasteiger partial charge in [0.15, 0.2) is 5.65 Å². The van der Waals surface area contributed by atoms with E-state index in [1.54, 1.807) is 19.5 Å². The van der Waals surface area contributed by atoms with Gasteiger partial charge < -0.3 is 14.7 Å². The number of hydrogen-bond donors (Lipinski definition) is 1. The van der Waals surface area contributed by atoms with Crippen LogP contribution in [0.15, 0.2) is 55.0 Å². The molecule has 0 saturated carbocycles. The lowest BCUT2D eigenvalue weighted by Gasteiger charge is -2.43. The van der Waals surface area contributed by atoms with E-state index in [4.69, 9.17) is 14.8 Å². The largest absolute Gasteiger partial charge is 0.497 e. The van der Waals surface area contributed by atoms with Gasteiger partial charge in [0.2, 0.25) is 0 Å². The third-order valence-corrected chi connectivity index (χ3v) is 7.69. The lowest BCUT2D eigenvalue weighted by atomic mass is 9.67. The Hall–Kier alpha value is -3.94. The lowest BCUT2D eigenvalue weighted by molar-refractivity contribution is 0.0798. The summed E-state index contributed by atoms with van der Waals surface area (Å²) in [5, 5.41) is 14.4. The Morgan fingerprint density at radius 3 is 2.63 bits per heavy atom. The molecule has 35 heavy (non-hydrogen) atoms. The van der Waals surface area contributed by atoms with Crippen LogP contribution in [0.5, 0.6) is 5.75 Å². The minimum atomic E-state index is -0.815. The number of benzene rings is 1. The highest BCUT2D eigenvalue weighted by Gasteiger charge is 2.39. The molecule has 1 aliphatic carbocycles. The van der Waals surface area contributed by atoms with Crippen LogP contribution in [0.25, 0.3) is 28.0 Å². The second-order valence-electron chi connectivity index (χ2n) is 9.60. The molecule has 1 saturated heterocycles. The Labute approximate surface area is 203 Å². The first-order valence-electron chi connectivity index (χ1n) is 12.0. The molecule has 1 N–H and O–H groups in total. The van der Waals surface area contributed by atoms with Crippen molar-refractivity contribution in [2.45, 2.75) is 32.1 Å². The number of methoxy groups -OCH3 is 1. The van der Waals surface area contributed by atoms with E-state index in [0.29, 0.717) is 13.1 Å². The van der Waals surface area contributed by atoms with Crippen LogP contribution in [0.4, 0.5) is 4.79 Å². The molecule has 0 unspecified atom stereocenters. The molecule has 1 aromatic carbocycles. The molecule has 178 valence electrons. The fraction of sp³-hybridized carbons (Fsp3) is 0.333. The summed E-state index contributed by atoms with van der Waals surface area (Å²) in [6, 6.07) is 12.0. The van der Waals surface area contributed by atoms with Gasteiger partial charge in [-0.25, -0.2) is 14.3 Å². The van der Waals surface area contributed by atoms with Crippen molar-refractivity contribution in [2.75, 3.05) is 20.2 Å². The van der Waals surface area contributed by atoms with Crippen molar-refractivity contribution in [2.24, 2.45) is 5.41 Å². The molecule has 1 spiro atoms. The van der Waals surface area contributed by atoms with Crippen molar-refractivity contribution in [1.29, 1.82) is 0 Å². The number of carboxylic acid groups (broad SMARTS) is 1. The first kappa shape index (κ1) is 21.6. The molecule has 1 fully saturated rings. The zero-order chi connectivity index (χ0) is 24.0. The number of fused-ring (bicyclic) bond motifs is 3. The molecule has 0 atom stereocenters. The molecule has 0 bridgehead atoms. The first-order chi connectivity index (χ1) is 17.1. The standard InChI is InChI=1S/C27H27N5O3/c1-35-21-4-2-3-19(15-21)23-24(18-6-11-28-12-7-18)30-32-22-5-8-27(16-20(22)17-29-25(23)32)9-13-31(14-10-27)26(33)34/h2-4,6-7,11-12,15,17H,5,8-10,13-14,16H2,1H3,(H,33,34). The molecule has 4 heterocycles. The van der Waals surface area contributed by atoms with Crippen molar-refractivity contribution in [3.63, 3.8) is 0 Å². The van der Waals surface area contributed by atoms with Crippen LogP contribution in [-0.2, 0) is 12.8 Å². The molecular weight excluding hydrogens is 442 g/mol. The Kier molecular flexibility index (Phi) is 5.16. The molecular formula is C27H27N5O3. The first-order valence-corrected chi connectivity index (χ1v) is 12.0. The van der Waals surface area contributed by atoms with Gasteiger partial charge in [0.1, 0.15) is 11.4 Å². The molecule has 8 nitrogen and oxygen atoms in total. The van der Waals surface area contributed by atoms with E-state index in [2.05, 4.69) is 11.1 Å². The quantitative estimate of drug-likeness (QED) is 0.467. The summed E-state index contributed by atoms with van der Waals surface area (Å²) in [4.78, 5) is 22.0. The van der Waals surface area contributed by atoms with Gasteiger partial charge in [0.25, 0.3) is 0 Å². The van der Waals surface area contributed by atoms with Crippen LogP contribution in [0.3, 0.4) is 0 Å². The highest BCUT2D eigenvalue weighted by molar-refractivity contribution is 5.90. The van der Waals surface area contributed by atoms with E-state index < -0.39 is 6.09 Å². The number of piperidine rings is 1. The predicted molar refractivity (Wildman–Crippen MR) is 131 cm³/mol. The normalized spacial score (nSPS) is 16.9. The van der Waals surface area contributed by atoms with Crippen molar-refractivity contribution in [3.8, 4) is 28.1 Å². The molecule has 4 aromatic rings. The van der Waals surface area contributed by atoms with Crippen LogP contribution in [0.2, 0.25) is 0 Å². The molecule has 8 heteroatoms. The number of ether oxygens (including phenoxy) is 1. The summed E-state index contributed by atoms with van der Waals surface area (Å²) in [6.45, 7) is 1.21. The summed E-state index contributed by atoms with van der Waals surface area (Å²) in [5.41, 5.74) is 7.24. The summed E-state index contributed by atoms with van der Waals surface area (Å²) in [6.07, 6.45) is 9.40. The molecule has 2 aliphatic rings. The number of nitrogens with zero attached hydrogens (tertiary/aromatic N) is 5. The van der Waals surface area contributed by atoms with Crippen molar-refractivity contribution < 1.29 is 14.6 Å². The third kappa shape index (κ3) is 3.69. The fourth-order valence-corrected chi connectivity index (χ4v) is 5.71. The summed E-state index contributed by atoms with van der Waals surface area (Å²) < 4.78 is 7.52. The van der Waals surface area contributed by atoms with Gasteiger partial charge in [0.05, 0.1) is 12.7 Å². The monoisotopic (exact) mass is 469 g/mol. The maximum atomic E-state index is 11.4. The van der Waals surface area contributed by atoms with E-state index in [0.717, 1.165) is 65.9 Å². The minimum Gasteiger partial charge on any atom is -0.497 e. The predicted octanol–water partition coefficient (Wildman–Crippen LogP) is 4.72. The van der Waals surface area contributed by atoms with Crippen LogP contribution in [0, 0.1) is 5.41 Å². The number of amides is 1. The lowest BCUT2D eigenvalue weighted by Crippen LogP contribution is -2.45. The number of pyridine rings is 1. The van der Waals surface area contributed by atoms with Gasteiger partial charge in [-0.3, -0.25) is 4.98 Å². The van der Waals surface area contributed by atoms with E-state index in [-0.39, 0.29) is 5.41 Å². The number of carbonyl (C=O) groups is 1. The smallest absolute Gasteiger partial charge is 0.407 e. The number of aryl methyl sites for hydroxylation is 1. The third-order valence-electron chi connectivity index (χ3n) is 7.69. The van der Waals surface area contributed by atoms with Gasteiger partial charge in [-0.1, -0.05) is 12.1 Å². The Balaban J connectivity index is 1.45. The minimum absolute atomic E-state index is 0.144. The maximum Gasteiger partial charge on any atom is 0.407 e. The molecule has 3 aromatic heterocycles. The van der Waals surface area contributed by atoms with Gasteiger partial charge in [-0.15, -0.1) is 0 Å². The molecule has 1 aliphatic heterocycles. The van der Waals surface area contributed by atoms with Crippen molar-refractivity contribution in [3.05, 3.63) is 66.2 Å². The zero-order valence-electron chi connectivity index (χ0n) is 19.6. The summed E-state index contributed by atoms with van der Waals surface area (Å²) in [7, 11) is 1.67. The van der Waals surface area contributed by atoms with Crippen molar-refractivity contribution in [1.82, 2.24) is 24.5 Å². The second-order valence-corrected chi connectivity index (χ2v) is 9.60. The topological polar surface area (TPSA) is 92.9 Å². The van der Waals surface area contributed by atoms with Gasteiger partial charge in [0, 0.05) is 42.9 Å². The van der Waals surface area contributed by atoms with Crippen LogP contribution < -0.4 is 4.74 Å². The van der Waals surface area contributed by atoms with Gasteiger partial charge in [-0.2, -0.15) is 5.10 Å². The van der Waals surface area contributed by atoms with E-state index >= 15 is 0 Å². The highest BCUT2D eigenvalue weighted by atomic mass is 16.5. The Morgan fingerprint density at radius 2 is 1.89 bits per heavy atom. The fourth-order valence-electron chi connectivity index (χ4n) is 5.71. The number of rotatable bonds is 3. The molecule has 0 radical (unpaired) electrons. The highest BCUT2D eigenvalue weighted by Crippen LogP contribution is 2.44. The van der Waals surface area contributed by atoms with Crippen LogP contribution in [0.1, 0.15) is 30.5 Å². The van der Waals surface area contributed by atoms with Gasteiger partial charge >= 0.3 is 6.09 Å². The SMILES string of the molecule is COc1cccc(-c2c(-c3ccncc3)nn3c4c(cnc23)CC2(CC4)CCN(C(=O)O)CC2)c1. The Bertz CT molecular complexity index is 1410. The average molecular weight is 470 g/mol. The van der Waals surface area contributed by atoms with Crippen molar-refractivity contribution >= 4 is 11.7 Å². The number of likely N-dealkylation sites (tertiary alicyclic amines) is 1.